The minimum Gasteiger partial charge on any atom is -0.310 e. The van der Waals surface area contributed by atoms with Crippen LogP contribution in [0.1, 0.15) is 5.56 Å². The van der Waals surface area contributed by atoms with Crippen LogP contribution < -0.4 is 5.32 Å². The van der Waals surface area contributed by atoms with E-state index >= 15 is 0 Å². The van der Waals surface area contributed by atoms with Gasteiger partial charge in [-0.15, -0.1) is 11.8 Å². The van der Waals surface area contributed by atoms with E-state index in [0.717, 1.165) is 5.56 Å². The maximum Gasteiger partial charge on any atom is 0.235 e. The van der Waals surface area contributed by atoms with E-state index in [1.807, 2.05) is 0 Å². The molecule has 1 aromatic carbocycles. The van der Waals surface area contributed by atoms with Gasteiger partial charge in [0, 0.05) is 22.0 Å². The van der Waals surface area contributed by atoms with Crippen LogP contribution in [-0.4, -0.2) is 16.6 Å². The van der Waals surface area contributed by atoms with Gasteiger partial charge in [0.05, 0.1) is 10.8 Å². The van der Waals surface area contributed by atoms with Crippen LogP contribution in [0.25, 0.3) is 0 Å². The predicted octanol–water partition coefficient (Wildman–Crippen LogP) is 4.91. The molecule has 0 aliphatic rings. The molecule has 7 heteroatoms. The summed E-state index contributed by atoms with van der Waals surface area (Å²) in [6.45, 7) is 0. The molecule has 0 atom stereocenters. The van der Waals surface area contributed by atoms with E-state index in [0.29, 0.717) is 26.6 Å². The summed E-state index contributed by atoms with van der Waals surface area (Å²) in [6.07, 6.45) is 1.48. The number of hydrogen-bond acceptors (Lipinski definition) is 3. The Morgan fingerprint density at radius 1 is 1.14 bits per heavy atom. The van der Waals surface area contributed by atoms with E-state index in [1.54, 1.807) is 30.3 Å². The molecule has 1 N–H and O–H groups in total. The van der Waals surface area contributed by atoms with Gasteiger partial charge in [-0.25, -0.2) is 4.98 Å². The number of anilines is 1. The van der Waals surface area contributed by atoms with Crippen LogP contribution in [0, 0.1) is 0 Å². The number of hydrogen-bond donors (Lipinski definition) is 1. The molecule has 1 heterocycles. The number of amides is 1. The van der Waals surface area contributed by atoms with Gasteiger partial charge in [-0.1, -0.05) is 40.9 Å². The highest BCUT2D eigenvalue weighted by Gasteiger charge is 2.08. The fourth-order valence-corrected chi connectivity index (χ4v) is 3.22. The summed E-state index contributed by atoms with van der Waals surface area (Å²) in [6, 6.07) is 8.66. The van der Waals surface area contributed by atoms with E-state index in [1.165, 1.54) is 18.0 Å². The van der Waals surface area contributed by atoms with Gasteiger partial charge in [0.25, 0.3) is 0 Å². The number of halogens is 3. The third-order valence-electron chi connectivity index (χ3n) is 2.54. The molecule has 0 saturated heterocycles. The fraction of sp³-hybridized carbons (Fsp3) is 0.143. The van der Waals surface area contributed by atoms with Gasteiger partial charge in [0.2, 0.25) is 5.91 Å². The topological polar surface area (TPSA) is 42.0 Å². The normalized spacial score (nSPS) is 10.4. The highest BCUT2D eigenvalue weighted by molar-refractivity contribution is 7.99. The summed E-state index contributed by atoms with van der Waals surface area (Å²) in [7, 11) is 0. The summed E-state index contributed by atoms with van der Waals surface area (Å²) in [4.78, 5) is 15.8. The van der Waals surface area contributed by atoms with Crippen LogP contribution in [0.4, 0.5) is 5.82 Å². The molecular formula is C14H11Cl3N2OS. The first kappa shape index (κ1) is 16.4. The van der Waals surface area contributed by atoms with Crippen LogP contribution in [0.5, 0.6) is 0 Å². The Balaban J connectivity index is 1.83. The monoisotopic (exact) mass is 360 g/mol. The van der Waals surface area contributed by atoms with Crippen molar-refractivity contribution in [2.24, 2.45) is 0 Å². The van der Waals surface area contributed by atoms with Gasteiger partial charge in [-0.05, 0) is 29.8 Å². The zero-order valence-electron chi connectivity index (χ0n) is 10.8. The van der Waals surface area contributed by atoms with E-state index < -0.39 is 0 Å². The van der Waals surface area contributed by atoms with Crippen LogP contribution in [0.3, 0.4) is 0 Å². The van der Waals surface area contributed by atoms with Gasteiger partial charge < -0.3 is 5.32 Å². The quantitative estimate of drug-likeness (QED) is 0.822. The van der Waals surface area contributed by atoms with Crippen molar-refractivity contribution in [1.82, 2.24) is 4.98 Å². The summed E-state index contributed by atoms with van der Waals surface area (Å²) in [5.74, 6) is 1.19. The molecule has 0 fully saturated rings. The van der Waals surface area contributed by atoms with Gasteiger partial charge in [0.15, 0.2) is 0 Å². The summed E-state index contributed by atoms with van der Waals surface area (Å²) < 4.78 is 0. The van der Waals surface area contributed by atoms with Crippen molar-refractivity contribution in [3.63, 3.8) is 0 Å². The van der Waals surface area contributed by atoms with Crippen molar-refractivity contribution < 1.29 is 4.79 Å². The minimum atomic E-state index is -0.141. The number of nitrogens with one attached hydrogen (secondary N) is 1. The van der Waals surface area contributed by atoms with Crippen LogP contribution >= 0.6 is 46.6 Å². The Bertz CT molecular complexity index is 614. The van der Waals surface area contributed by atoms with Crippen molar-refractivity contribution in [2.75, 3.05) is 11.1 Å². The lowest BCUT2D eigenvalue weighted by Crippen LogP contribution is -2.15. The zero-order valence-corrected chi connectivity index (χ0v) is 13.9. The Hall–Kier alpha value is -0.940. The molecule has 0 aliphatic heterocycles. The molecule has 0 unspecified atom stereocenters. The lowest BCUT2D eigenvalue weighted by Gasteiger charge is -2.07. The van der Waals surface area contributed by atoms with Crippen LogP contribution in [-0.2, 0) is 10.5 Å². The van der Waals surface area contributed by atoms with E-state index in [2.05, 4.69) is 10.3 Å². The predicted molar refractivity (Wildman–Crippen MR) is 90.5 cm³/mol. The highest BCUT2D eigenvalue weighted by atomic mass is 35.5. The van der Waals surface area contributed by atoms with Gasteiger partial charge in [0.1, 0.15) is 5.82 Å². The number of carbonyl (C=O) groups excluding carboxylic acids is 1. The molecule has 0 bridgehead atoms. The number of nitrogens with zero attached hydrogens (tertiary/aromatic N) is 1. The molecule has 2 rings (SSSR count). The second kappa shape index (κ2) is 7.90. The zero-order chi connectivity index (χ0) is 15.2. The van der Waals surface area contributed by atoms with E-state index in [-0.39, 0.29) is 11.7 Å². The van der Waals surface area contributed by atoms with Gasteiger partial charge >= 0.3 is 0 Å². The number of aromatic nitrogens is 1. The second-order valence-corrected chi connectivity index (χ2v) is 6.34. The highest BCUT2D eigenvalue weighted by Crippen LogP contribution is 2.28. The molecule has 110 valence electrons. The SMILES string of the molecule is O=C(CSCc1c(Cl)cccc1Cl)Nc1ccc(Cl)cn1. The van der Waals surface area contributed by atoms with Gasteiger partial charge in [-0.3, -0.25) is 4.79 Å². The molecule has 2 aromatic rings. The molecular weight excluding hydrogens is 351 g/mol. The maximum atomic E-state index is 11.8. The Labute approximate surface area is 142 Å². The summed E-state index contributed by atoms with van der Waals surface area (Å²) >= 11 is 19.3. The largest absolute Gasteiger partial charge is 0.310 e. The fourth-order valence-electron chi connectivity index (χ4n) is 1.54. The summed E-state index contributed by atoms with van der Waals surface area (Å²) in [5, 5.41) is 4.43. The lowest BCUT2D eigenvalue weighted by atomic mass is 10.2. The standard InChI is InChI=1S/C14H11Cl3N2OS/c15-9-4-5-13(18-6-9)19-14(20)8-21-7-10-11(16)2-1-3-12(10)17/h1-6H,7-8H2,(H,18,19,20). The molecule has 0 radical (unpaired) electrons. The van der Waals surface area contributed by atoms with Crippen molar-refractivity contribution >= 4 is 58.3 Å². The third-order valence-corrected chi connectivity index (χ3v) is 4.43. The van der Waals surface area contributed by atoms with E-state index in [4.69, 9.17) is 34.8 Å². The average molecular weight is 362 g/mol. The minimum absolute atomic E-state index is 0.141. The molecule has 1 amide bonds. The molecule has 21 heavy (non-hydrogen) atoms. The molecule has 0 spiro atoms. The number of thioether (sulfide) groups is 1. The Morgan fingerprint density at radius 2 is 1.86 bits per heavy atom. The first-order valence-corrected chi connectivity index (χ1v) is 8.27. The molecule has 0 aliphatic carbocycles. The van der Waals surface area contributed by atoms with E-state index in [9.17, 15) is 4.79 Å². The van der Waals surface area contributed by atoms with Crippen molar-refractivity contribution in [3.05, 3.63) is 57.2 Å². The maximum absolute atomic E-state index is 11.8. The van der Waals surface area contributed by atoms with Crippen molar-refractivity contribution in [1.29, 1.82) is 0 Å². The van der Waals surface area contributed by atoms with Crippen molar-refractivity contribution in [3.8, 4) is 0 Å². The number of carbonyl (C=O) groups is 1. The van der Waals surface area contributed by atoms with Crippen molar-refractivity contribution in [2.45, 2.75) is 5.75 Å². The molecule has 3 nitrogen and oxygen atoms in total. The van der Waals surface area contributed by atoms with Crippen LogP contribution in [0.2, 0.25) is 15.1 Å². The smallest absolute Gasteiger partial charge is 0.235 e. The Kier molecular flexibility index (Phi) is 6.18. The Morgan fingerprint density at radius 3 is 2.48 bits per heavy atom. The molecule has 1 aromatic heterocycles. The second-order valence-electron chi connectivity index (χ2n) is 4.10. The lowest BCUT2D eigenvalue weighted by molar-refractivity contribution is -0.113. The number of rotatable bonds is 5. The third kappa shape index (κ3) is 5.08. The molecule has 0 saturated carbocycles. The first-order valence-electron chi connectivity index (χ1n) is 5.98. The summed E-state index contributed by atoms with van der Waals surface area (Å²) in [5.41, 5.74) is 0.836. The number of benzene rings is 1. The first-order chi connectivity index (χ1) is 10.1. The van der Waals surface area contributed by atoms with Crippen LogP contribution in [0.15, 0.2) is 36.5 Å². The van der Waals surface area contributed by atoms with Gasteiger partial charge in [-0.2, -0.15) is 0 Å². The number of pyridine rings is 1. The average Bonchev–Trinajstić information content (AvgIpc) is 2.45.